The maximum Gasteiger partial charge on any atom is 0.261 e. The van der Waals surface area contributed by atoms with Gasteiger partial charge in [-0.05, 0) is 50.3 Å². The molecule has 0 bridgehead atoms. The van der Waals surface area contributed by atoms with Crippen LogP contribution in [0.1, 0.15) is 42.2 Å². The Kier molecular flexibility index (Phi) is 5.93. The maximum atomic E-state index is 12.9. The first-order chi connectivity index (χ1) is 14.5. The van der Waals surface area contributed by atoms with Crippen molar-refractivity contribution in [2.75, 3.05) is 5.32 Å². The van der Waals surface area contributed by atoms with Gasteiger partial charge in [-0.1, -0.05) is 30.3 Å². The van der Waals surface area contributed by atoms with Crippen LogP contribution in [0.5, 0.6) is 0 Å². The van der Waals surface area contributed by atoms with Gasteiger partial charge in [0.1, 0.15) is 11.1 Å². The first kappa shape index (κ1) is 20.6. The lowest BCUT2D eigenvalue weighted by molar-refractivity contribution is -0.115. The van der Waals surface area contributed by atoms with E-state index in [1.54, 1.807) is 26.1 Å². The summed E-state index contributed by atoms with van der Waals surface area (Å²) in [5, 5.41) is 13.8. The van der Waals surface area contributed by atoms with E-state index in [-0.39, 0.29) is 11.5 Å². The average Bonchev–Trinajstić information content (AvgIpc) is 2.90. The molecule has 4 rings (SSSR count). The topological polar surface area (TPSA) is 87.8 Å². The number of carbonyl (C=O) groups excluding carboxylic acids is 1. The van der Waals surface area contributed by atoms with Crippen molar-refractivity contribution >= 4 is 44.9 Å². The van der Waals surface area contributed by atoms with Crippen molar-refractivity contribution in [1.82, 2.24) is 9.55 Å². The summed E-state index contributed by atoms with van der Waals surface area (Å²) >= 11 is 2.76. The number of benzene rings is 1. The van der Waals surface area contributed by atoms with Crippen LogP contribution in [0.3, 0.4) is 0 Å². The third kappa shape index (κ3) is 3.87. The molecule has 154 valence electrons. The molecule has 1 aromatic carbocycles. The fourth-order valence-corrected chi connectivity index (χ4v) is 5.79. The van der Waals surface area contributed by atoms with Crippen molar-refractivity contribution in [1.29, 1.82) is 5.26 Å². The zero-order valence-electron chi connectivity index (χ0n) is 16.9. The second-order valence-corrected chi connectivity index (χ2v) is 9.82. The van der Waals surface area contributed by atoms with Crippen LogP contribution in [0, 0.1) is 11.3 Å². The van der Waals surface area contributed by atoms with E-state index in [0.29, 0.717) is 26.6 Å². The third-order valence-corrected chi connectivity index (χ3v) is 7.71. The molecule has 0 radical (unpaired) electrons. The number of amides is 1. The van der Waals surface area contributed by atoms with Gasteiger partial charge in [-0.3, -0.25) is 14.2 Å². The maximum absolute atomic E-state index is 12.9. The Labute approximate surface area is 182 Å². The van der Waals surface area contributed by atoms with Crippen molar-refractivity contribution < 1.29 is 4.79 Å². The summed E-state index contributed by atoms with van der Waals surface area (Å²) in [6.07, 6.45) is 5.26. The second-order valence-electron chi connectivity index (χ2n) is 7.41. The zero-order valence-corrected chi connectivity index (χ0v) is 18.5. The molecule has 1 unspecified atom stereocenters. The van der Waals surface area contributed by atoms with E-state index in [1.807, 2.05) is 12.1 Å². The first-order valence-corrected chi connectivity index (χ1v) is 11.7. The van der Waals surface area contributed by atoms with Gasteiger partial charge in [-0.2, -0.15) is 5.26 Å². The van der Waals surface area contributed by atoms with Crippen molar-refractivity contribution in [3.8, 4) is 6.07 Å². The Morgan fingerprint density at radius 1 is 1.30 bits per heavy atom. The number of thioether (sulfide) groups is 1. The lowest BCUT2D eigenvalue weighted by atomic mass is 10.1. The molecule has 30 heavy (non-hydrogen) atoms. The van der Waals surface area contributed by atoms with Crippen LogP contribution in [0.2, 0.25) is 0 Å². The van der Waals surface area contributed by atoms with Gasteiger partial charge in [-0.25, -0.2) is 4.98 Å². The minimum atomic E-state index is -0.474. The van der Waals surface area contributed by atoms with Gasteiger partial charge >= 0.3 is 0 Å². The predicted molar refractivity (Wildman–Crippen MR) is 121 cm³/mol. The monoisotopic (exact) mass is 438 g/mol. The largest absolute Gasteiger partial charge is 0.316 e. The molecule has 0 aliphatic heterocycles. The van der Waals surface area contributed by atoms with Gasteiger partial charge in [0.25, 0.3) is 5.56 Å². The number of carbonyl (C=O) groups is 1. The summed E-state index contributed by atoms with van der Waals surface area (Å²) in [5.41, 5.74) is 2.20. The van der Waals surface area contributed by atoms with E-state index >= 15 is 0 Å². The predicted octanol–water partition coefficient (Wildman–Crippen LogP) is 4.25. The Bertz CT molecular complexity index is 1220. The quantitative estimate of drug-likeness (QED) is 0.374. The Morgan fingerprint density at radius 2 is 2.07 bits per heavy atom. The highest BCUT2D eigenvalue weighted by molar-refractivity contribution is 8.00. The fraction of sp³-hybridized carbons (Fsp3) is 0.364. The lowest BCUT2D eigenvalue weighted by Crippen LogP contribution is -2.25. The molecule has 1 aliphatic rings. The molecule has 2 heterocycles. The average molecular weight is 439 g/mol. The van der Waals surface area contributed by atoms with E-state index in [0.717, 1.165) is 31.2 Å². The van der Waals surface area contributed by atoms with Crippen molar-refractivity contribution in [3.63, 3.8) is 0 Å². The number of aryl methyl sites for hydroxylation is 1. The molecule has 3 aromatic rings. The SMILES string of the molecule is CC(Sc1nc2ccccc2c(=O)n1C)C(=O)Nc1sc2c(c1C#N)CCCCC2. The molecule has 1 amide bonds. The van der Waals surface area contributed by atoms with Crippen LogP contribution >= 0.6 is 23.1 Å². The van der Waals surface area contributed by atoms with Gasteiger partial charge in [0.15, 0.2) is 5.16 Å². The highest BCUT2D eigenvalue weighted by atomic mass is 32.2. The summed E-state index contributed by atoms with van der Waals surface area (Å²) in [7, 11) is 1.67. The number of hydrogen-bond donors (Lipinski definition) is 1. The van der Waals surface area contributed by atoms with Crippen molar-refractivity contribution in [2.24, 2.45) is 7.05 Å². The highest BCUT2D eigenvalue weighted by Crippen LogP contribution is 2.37. The van der Waals surface area contributed by atoms with Crippen molar-refractivity contribution in [2.45, 2.75) is 49.4 Å². The molecule has 1 N–H and O–H groups in total. The summed E-state index contributed by atoms with van der Waals surface area (Å²) in [5.74, 6) is -0.199. The van der Waals surface area contributed by atoms with Crippen LogP contribution in [0.4, 0.5) is 5.00 Å². The van der Waals surface area contributed by atoms with Gasteiger partial charge in [0.05, 0.1) is 21.7 Å². The number of aromatic nitrogens is 2. The summed E-state index contributed by atoms with van der Waals surface area (Å²) in [6.45, 7) is 1.78. The van der Waals surface area contributed by atoms with E-state index in [9.17, 15) is 14.9 Å². The number of rotatable bonds is 4. The minimum absolute atomic E-state index is 0.135. The number of nitriles is 1. The molecule has 0 fully saturated rings. The first-order valence-electron chi connectivity index (χ1n) is 9.97. The third-order valence-electron chi connectivity index (χ3n) is 5.36. The van der Waals surface area contributed by atoms with Gasteiger partial charge in [0, 0.05) is 11.9 Å². The number of nitrogens with zero attached hydrogens (tertiary/aromatic N) is 3. The molecule has 2 aromatic heterocycles. The number of fused-ring (bicyclic) bond motifs is 2. The molecule has 0 spiro atoms. The normalized spacial score (nSPS) is 14.6. The van der Waals surface area contributed by atoms with Crippen LogP contribution in [0.25, 0.3) is 10.9 Å². The number of thiophene rings is 1. The number of nitrogens with one attached hydrogen (secondary N) is 1. The molecule has 0 saturated carbocycles. The van der Waals surface area contributed by atoms with E-state index in [1.165, 1.54) is 39.0 Å². The van der Waals surface area contributed by atoms with Crippen LogP contribution in [-0.4, -0.2) is 20.7 Å². The summed E-state index contributed by atoms with van der Waals surface area (Å²) < 4.78 is 1.48. The Balaban J connectivity index is 1.56. The summed E-state index contributed by atoms with van der Waals surface area (Å²) in [4.78, 5) is 31.2. The molecule has 1 aliphatic carbocycles. The second kappa shape index (κ2) is 8.62. The number of hydrogen-bond acceptors (Lipinski definition) is 6. The lowest BCUT2D eigenvalue weighted by Gasteiger charge is -2.13. The van der Waals surface area contributed by atoms with Gasteiger partial charge < -0.3 is 5.32 Å². The molecular formula is C22H22N4O2S2. The number of para-hydroxylation sites is 1. The fourth-order valence-electron chi connectivity index (χ4n) is 3.68. The van der Waals surface area contributed by atoms with E-state index in [2.05, 4.69) is 16.4 Å². The number of anilines is 1. The molecule has 0 saturated heterocycles. The Morgan fingerprint density at radius 3 is 2.87 bits per heavy atom. The van der Waals surface area contributed by atoms with Gasteiger partial charge in [-0.15, -0.1) is 11.3 Å². The molecule has 8 heteroatoms. The molecule has 6 nitrogen and oxygen atoms in total. The minimum Gasteiger partial charge on any atom is -0.316 e. The van der Waals surface area contributed by atoms with E-state index in [4.69, 9.17) is 0 Å². The Hall–Kier alpha value is -2.63. The summed E-state index contributed by atoms with van der Waals surface area (Å²) in [6, 6.07) is 9.48. The molecular weight excluding hydrogens is 416 g/mol. The van der Waals surface area contributed by atoms with Crippen LogP contribution in [0.15, 0.2) is 34.2 Å². The van der Waals surface area contributed by atoms with Gasteiger partial charge in [0.2, 0.25) is 5.91 Å². The zero-order chi connectivity index (χ0) is 21.3. The van der Waals surface area contributed by atoms with Crippen molar-refractivity contribution in [3.05, 3.63) is 50.6 Å². The van der Waals surface area contributed by atoms with Crippen LogP contribution in [-0.2, 0) is 24.7 Å². The molecule has 1 atom stereocenters. The van der Waals surface area contributed by atoms with E-state index < -0.39 is 5.25 Å². The smallest absolute Gasteiger partial charge is 0.261 e. The standard InChI is InChI=1S/C22H22N4O2S2/c1-13(29-22-24-17-10-7-6-9-15(17)21(28)26(22)2)19(27)25-20-16(12-23)14-8-4-3-5-11-18(14)30-20/h6-7,9-10,13H,3-5,8,11H2,1-2H3,(H,25,27). The highest BCUT2D eigenvalue weighted by Gasteiger charge is 2.24. The van der Waals surface area contributed by atoms with Crippen LogP contribution < -0.4 is 10.9 Å².